The van der Waals surface area contributed by atoms with E-state index in [0.29, 0.717) is 6.07 Å². The first-order valence-corrected chi connectivity index (χ1v) is 5.24. The third-order valence-corrected chi connectivity index (χ3v) is 2.61. The Morgan fingerprint density at radius 2 is 1.95 bits per heavy atom. The molecule has 1 saturated heterocycles. The first-order valence-electron chi connectivity index (χ1n) is 5.24. The summed E-state index contributed by atoms with van der Waals surface area (Å²) >= 11 is 0. The molecule has 8 heteroatoms. The van der Waals surface area contributed by atoms with Gasteiger partial charge in [-0.15, -0.1) is 0 Å². The molecule has 100 valence electrons. The molecule has 0 spiro atoms. The Balaban J connectivity index is 2.44. The van der Waals surface area contributed by atoms with E-state index in [1.54, 1.807) is 0 Å². The standard InChI is InChI=1S/C11H8F2N2O4/c12-6-4-7(13)8(3-5(6)10(17)18)15-2-1-9(16)14-11(15)19/h3-4H,1-2H2,(H,17,18)(H,14,16,19). The van der Waals surface area contributed by atoms with Gasteiger partial charge in [0.2, 0.25) is 5.91 Å². The minimum atomic E-state index is -1.58. The second-order valence-electron chi connectivity index (χ2n) is 3.84. The normalized spacial score (nSPS) is 15.4. The molecule has 0 atom stereocenters. The fourth-order valence-corrected chi connectivity index (χ4v) is 1.70. The largest absolute Gasteiger partial charge is 0.478 e. The number of aromatic carboxylic acids is 1. The van der Waals surface area contributed by atoms with Crippen molar-refractivity contribution in [3.8, 4) is 0 Å². The van der Waals surface area contributed by atoms with Gasteiger partial charge in [0.1, 0.15) is 11.6 Å². The van der Waals surface area contributed by atoms with E-state index >= 15 is 0 Å². The first kappa shape index (κ1) is 12.9. The summed E-state index contributed by atoms with van der Waals surface area (Å²) in [6, 6.07) is 0.239. The summed E-state index contributed by atoms with van der Waals surface area (Å²) in [7, 11) is 0. The van der Waals surface area contributed by atoms with E-state index < -0.39 is 35.1 Å². The zero-order valence-electron chi connectivity index (χ0n) is 9.44. The zero-order chi connectivity index (χ0) is 14.2. The number of hydrogen-bond acceptors (Lipinski definition) is 3. The molecule has 0 radical (unpaired) electrons. The van der Waals surface area contributed by atoms with Crippen molar-refractivity contribution < 1.29 is 28.3 Å². The fourth-order valence-electron chi connectivity index (χ4n) is 1.70. The van der Waals surface area contributed by atoms with Gasteiger partial charge < -0.3 is 5.11 Å². The molecule has 0 bridgehead atoms. The minimum absolute atomic E-state index is 0.0506. The van der Waals surface area contributed by atoms with Crippen molar-refractivity contribution in [3.63, 3.8) is 0 Å². The average Bonchev–Trinajstić information content (AvgIpc) is 2.30. The summed E-state index contributed by atoms with van der Waals surface area (Å²) in [4.78, 5) is 34.1. The predicted molar refractivity (Wildman–Crippen MR) is 58.8 cm³/mol. The minimum Gasteiger partial charge on any atom is -0.478 e. The Bertz CT molecular complexity index is 588. The molecule has 1 aromatic rings. The van der Waals surface area contributed by atoms with E-state index in [-0.39, 0.29) is 18.7 Å². The Morgan fingerprint density at radius 3 is 2.53 bits per heavy atom. The zero-order valence-corrected chi connectivity index (χ0v) is 9.44. The van der Waals surface area contributed by atoms with Crippen LogP contribution < -0.4 is 10.2 Å². The van der Waals surface area contributed by atoms with Gasteiger partial charge in [-0.1, -0.05) is 0 Å². The second-order valence-corrected chi connectivity index (χ2v) is 3.84. The number of carboxylic acids is 1. The molecule has 0 aliphatic carbocycles. The third-order valence-electron chi connectivity index (χ3n) is 2.61. The van der Waals surface area contributed by atoms with Gasteiger partial charge >= 0.3 is 12.0 Å². The highest BCUT2D eigenvalue weighted by Crippen LogP contribution is 2.25. The Labute approximate surface area is 105 Å². The number of amides is 3. The number of carbonyl (C=O) groups excluding carboxylic acids is 2. The van der Waals surface area contributed by atoms with Crippen molar-refractivity contribution in [2.24, 2.45) is 0 Å². The van der Waals surface area contributed by atoms with Crippen molar-refractivity contribution >= 4 is 23.6 Å². The lowest BCUT2D eigenvalue weighted by Crippen LogP contribution is -2.50. The number of carboxylic acid groups (broad SMARTS) is 1. The fraction of sp³-hybridized carbons (Fsp3) is 0.182. The maximum atomic E-state index is 13.6. The number of hydrogen-bond donors (Lipinski definition) is 2. The topological polar surface area (TPSA) is 86.7 Å². The van der Waals surface area contributed by atoms with Gasteiger partial charge in [-0.3, -0.25) is 15.0 Å². The first-order chi connectivity index (χ1) is 8.90. The summed E-state index contributed by atoms with van der Waals surface area (Å²) in [5, 5.41) is 10.7. The van der Waals surface area contributed by atoms with Crippen molar-refractivity contribution in [3.05, 3.63) is 29.3 Å². The highest BCUT2D eigenvalue weighted by Gasteiger charge is 2.28. The van der Waals surface area contributed by atoms with E-state index in [1.165, 1.54) is 0 Å². The monoisotopic (exact) mass is 270 g/mol. The molecular formula is C11H8F2N2O4. The number of nitrogens with one attached hydrogen (secondary N) is 1. The molecule has 1 fully saturated rings. The summed E-state index contributed by atoms with van der Waals surface area (Å²) in [5.74, 6) is -4.40. The number of rotatable bonds is 2. The van der Waals surface area contributed by atoms with Crippen LogP contribution in [0.1, 0.15) is 16.8 Å². The number of carbonyl (C=O) groups is 3. The molecule has 3 amide bonds. The van der Waals surface area contributed by atoms with Crippen molar-refractivity contribution in [2.75, 3.05) is 11.4 Å². The van der Waals surface area contributed by atoms with Gasteiger partial charge in [-0.05, 0) is 6.07 Å². The number of anilines is 1. The molecular weight excluding hydrogens is 262 g/mol. The van der Waals surface area contributed by atoms with Gasteiger partial charge in [0.25, 0.3) is 0 Å². The van der Waals surface area contributed by atoms with Crippen molar-refractivity contribution in [1.29, 1.82) is 0 Å². The lowest BCUT2D eigenvalue weighted by Gasteiger charge is -2.27. The number of benzene rings is 1. The van der Waals surface area contributed by atoms with Crippen LogP contribution in [-0.4, -0.2) is 29.6 Å². The van der Waals surface area contributed by atoms with Gasteiger partial charge in [-0.2, -0.15) is 0 Å². The van der Waals surface area contributed by atoms with Crippen LogP contribution in [0.5, 0.6) is 0 Å². The van der Waals surface area contributed by atoms with Crippen LogP contribution in [0.2, 0.25) is 0 Å². The maximum Gasteiger partial charge on any atom is 0.338 e. The molecule has 0 aromatic heterocycles. The molecule has 1 aromatic carbocycles. The molecule has 1 aliphatic heterocycles. The van der Waals surface area contributed by atoms with Gasteiger partial charge in [0.05, 0.1) is 11.3 Å². The molecule has 2 rings (SSSR count). The van der Waals surface area contributed by atoms with Gasteiger partial charge in [0.15, 0.2) is 0 Å². The molecule has 2 N–H and O–H groups in total. The molecule has 0 unspecified atom stereocenters. The average molecular weight is 270 g/mol. The van der Waals surface area contributed by atoms with E-state index in [0.717, 1.165) is 11.0 Å². The van der Waals surface area contributed by atoms with Crippen LogP contribution in [0.4, 0.5) is 19.3 Å². The quantitative estimate of drug-likeness (QED) is 0.842. The maximum absolute atomic E-state index is 13.6. The number of halogens is 2. The summed E-state index contributed by atoms with van der Waals surface area (Å²) < 4.78 is 26.8. The van der Waals surface area contributed by atoms with Crippen LogP contribution in [0.3, 0.4) is 0 Å². The van der Waals surface area contributed by atoms with Crippen molar-refractivity contribution in [1.82, 2.24) is 5.32 Å². The summed E-state index contributed by atoms with van der Waals surface area (Å²) in [6.07, 6.45) is -0.0506. The molecule has 19 heavy (non-hydrogen) atoms. The molecule has 0 saturated carbocycles. The van der Waals surface area contributed by atoms with Gasteiger partial charge in [0, 0.05) is 19.0 Å². The Hall–Kier alpha value is -2.51. The highest BCUT2D eigenvalue weighted by atomic mass is 19.1. The Morgan fingerprint density at radius 1 is 1.26 bits per heavy atom. The van der Waals surface area contributed by atoms with Crippen LogP contribution in [0.25, 0.3) is 0 Å². The van der Waals surface area contributed by atoms with Gasteiger partial charge in [-0.25, -0.2) is 18.4 Å². The highest BCUT2D eigenvalue weighted by molar-refractivity contribution is 6.06. The number of nitrogens with zero attached hydrogens (tertiary/aromatic N) is 1. The lowest BCUT2D eigenvalue weighted by molar-refractivity contribution is -0.120. The smallest absolute Gasteiger partial charge is 0.338 e. The Kier molecular flexibility index (Phi) is 3.16. The predicted octanol–water partition coefficient (Wildman–Crippen LogP) is 1.11. The molecule has 6 nitrogen and oxygen atoms in total. The third kappa shape index (κ3) is 2.37. The van der Waals surface area contributed by atoms with E-state index in [1.807, 2.05) is 5.32 Å². The molecule has 1 aliphatic rings. The van der Waals surface area contributed by atoms with Crippen LogP contribution >= 0.6 is 0 Å². The number of imide groups is 1. The second kappa shape index (κ2) is 4.63. The summed E-state index contributed by atoms with van der Waals surface area (Å²) in [5.41, 5.74) is -1.13. The van der Waals surface area contributed by atoms with Crippen LogP contribution in [-0.2, 0) is 4.79 Å². The van der Waals surface area contributed by atoms with Crippen LogP contribution in [0, 0.1) is 11.6 Å². The summed E-state index contributed by atoms with van der Waals surface area (Å²) in [6.45, 7) is -0.105. The van der Waals surface area contributed by atoms with Crippen molar-refractivity contribution in [2.45, 2.75) is 6.42 Å². The SMILES string of the molecule is O=C1CCN(c2cc(C(=O)O)c(F)cc2F)C(=O)N1. The molecule has 1 heterocycles. The lowest BCUT2D eigenvalue weighted by atomic mass is 10.1. The number of urea groups is 1. The van der Waals surface area contributed by atoms with E-state index in [9.17, 15) is 23.2 Å². The van der Waals surface area contributed by atoms with E-state index in [2.05, 4.69) is 0 Å². The van der Waals surface area contributed by atoms with Crippen LogP contribution in [0.15, 0.2) is 12.1 Å². The van der Waals surface area contributed by atoms with E-state index in [4.69, 9.17) is 5.11 Å².